The lowest BCUT2D eigenvalue weighted by Crippen LogP contribution is -2.43. The Balaban J connectivity index is 1.68. The zero-order chi connectivity index (χ0) is 21.1. The lowest BCUT2D eigenvalue weighted by atomic mass is 9.99. The van der Waals surface area contributed by atoms with Crippen molar-refractivity contribution in [2.75, 3.05) is 25.0 Å². The monoisotopic (exact) mass is 420 g/mol. The number of likely N-dealkylation sites (N-methyl/N-ethyl adjacent to an activating group) is 1. The molecule has 2 aromatic carbocycles. The van der Waals surface area contributed by atoms with Crippen LogP contribution in [0, 0.1) is 10.1 Å². The van der Waals surface area contributed by atoms with E-state index in [1.54, 1.807) is 18.2 Å². The zero-order valence-electron chi connectivity index (χ0n) is 16.3. The van der Waals surface area contributed by atoms with Crippen LogP contribution in [0.5, 0.6) is 0 Å². The fourth-order valence-corrected chi connectivity index (χ4v) is 4.13. The molecule has 4 rings (SSSR count). The molecule has 1 N–H and O–H groups in total. The highest BCUT2D eigenvalue weighted by Crippen LogP contribution is 2.31. The van der Waals surface area contributed by atoms with Gasteiger partial charge in [0.2, 0.25) is 0 Å². The van der Waals surface area contributed by atoms with Crippen molar-refractivity contribution in [1.82, 2.24) is 5.32 Å². The van der Waals surface area contributed by atoms with Crippen LogP contribution >= 0.6 is 11.3 Å². The summed E-state index contributed by atoms with van der Waals surface area (Å²) >= 11 is 1.40. The van der Waals surface area contributed by atoms with Crippen LogP contribution in [0.25, 0.3) is 0 Å². The van der Waals surface area contributed by atoms with E-state index in [0.717, 1.165) is 11.3 Å². The Morgan fingerprint density at radius 2 is 2.03 bits per heavy atom. The molecule has 3 aromatic rings. The van der Waals surface area contributed by atoms with E-state index in [0.29, 0.717) is 29.2 Å². The highest BCUT2D eigenvalue weighted by molar-refractivity contribution is 7.12. The summed E-state index contributed by atoms with van der Waals surface area (Å²) in [6.07, 6.45) is 0. The number of carbonyl (C=O) groups is 1. The summed E-state index contributed by atoms with van der Waals surface area (Å²) in [6.45, 7) is 0.864. The Morgan fingerprint density at radius 3 is 2.73 bits per heavy atom. The van der Waals surface area contributed by atoms with Gasteiger partial charge in [-0.05, 0) is 17.5 Å². The summed E-state index contributed by atoms with van der Waals surface area (Å²) in [5, 5.41) is 16.2. The maximum absolute atomic E-state index is 12.4. The van der Waals surface area contributed by atoms with E-state index in [9.17, 15) is 14.9 Å². The Morgan fingerprint density at radius 1 is 1.23 bits per heavy atom. The topological polar surface area (TPSA) is 87.8 Å². The SMILES string of the molecule is CN1c2ccc([N+](=O)[O-])cc2C(c2ccccc2)=NCC1CNC(=O)c1cccs1. The number of fused-ring (bicyclic) bond motifs is 1. The van der Waals surface area contributed by atoms with Gasteiger partial charge < -0.3 is 10.2 Å². The van der Waals surface area contributed by atoms with E-state index in [1.807, 2.05) is 53.7 Å². The molecular formula is C22H20N4O3S. The van der Waals surface area contributed by atoms with Crippen LogP contribution in [0.3, 0.4) is 0 Å². The van der Waals surface area contributed by atoms with E-state index >= 15 is 0 Å². The smallest absolute Gasteiger partial charge is 0.270 e. The standard InChI is InChI=1S/C22H20N4O3S/c1-25-17(14-24-22(27)20-8-5-11-30-20)13-23-21(15-6-3-2-4-7-15)18-12-16(26(28)29)9-10-19(18)25/h2-12,17H,13-14H2,1H3,(H,24,27). The first-order valence-electron chi connectivity index (χ1n) is 9.48. The van der Waals surface area contributed by atoms with Crippen LogP contribution in [-0.2, 0) is 0 Å². The van der Waals surface area contributed by atoms with Gasteiger partial charge in [-0.15, -0.1) is 11.3 Å². The van der Waals surface area contributed by atoms with Gasteiger partial charge in [-0.3, -0.25) is 19.9 Å². The van der Waals surface area contributed by atoms with Crippen molar-refractivity contribution < 1.29 is 9.72 Å². The van der Waals surface area contributed by atoms with Crippen molar-refractivity contribution in [2.24, 2.45) is 4.99 Å². The van der Waals surface area contributed by atoms with Crippen LogP contribution in [0.15, 0.2) is 71.0 Å². The van der Waals surface area contributed by atoms with E-state index in [2.05, 4.69) is 5.32 Å². The van der Waals surface area contributed by atoms with Crippen LogP contribution in [0.1, 0.15) is 20.8 Å². The second-order valence-electron chi connectivity index (χ2n) is 6.97. The van der Waals surface area contributed by atoms with Crippen molar-refractivity contribution in [3.05, 3.63) is 92.2 Å². The molecule has 2 heterocycles. The molecule has 0 spiro atoms. The second kappa shape index (κ2) is 8.46. The summed E-state index contributed by atoms with van der Waals surface area (Å²) < 4.78 is 0. The molecule has 1 atom stereocenters. The quantitative estimate of drug-likeness (QED) is 0.503. The molecule has 0 radical (unpaired) electrons. The van der Waals surface area contributed by atoms with Gasteiger partial charge in [-0.2, -0.15) is 0 Å². The first kappa shape index (κ1) is 19.8. The number of nitrogens with zero attached hydrogens (tertiary/aromatic N) is 3. The molecule has 1 aliphatic rings. The molecule has 1 aromatic heterocycles. The summed E-state index contributed by atoms with van der Waals surface area (Å²) in [6, 6.07) is 18.0. The molecule has 152 valence electrons. The number of aliphatic imine (C=N–C) groups is 1. The van der Waals surface area contributed by atoms with Gasteiger partial charge in [0.1, 0.15) is 0 Å². The molecule has 0 aliphatic carbocycles. The molecule has 0 saturated carbocycles. The van der Waals surface area contributed by atoms with Crippen LogP contribution in [0.4, 0.5) is 11.4 Å². The number of nitro groups is 1. The van der Waals surface area contributed by atoms with E-state index in [1.165, 1.54) is 17.4 Å². The fraction of sp³-hybridized carbons (Fsp3) is 0.182. The van der Waals surface area contributed by atoms with Crippen molar-refractivity contribution in [3.63, 3.8) is 0 Å². The van der Waals surface area contributed by atoms with Gasteiger partial charge in [-0.25, -0.2) is 0 Å². The Kier molecular flexibility index (Phi) is 5.58. The third kappa shape index (κ3) is 3.95. The van der Waals surface area contributed by atoms with E-state index < -0.39 is 4.92 Å². The van der Waals surface area contributed by atoms with Crippen LogP contribution in [-0.4, -0.2) is 42.7 Å². The summed E-state index contributed by atoms with van der Waals surface area (Å²) in [5.41, 5.74) is 3.19. The molecule has 0 bridgehead atoms. The summed E-state index contributed by atoms with van der Waals surface area (Å²) in [4.78, 5) is 30.8. The number of anilines is 1. The third-order valence-electron chi connectivity index (χ3n) is 5.12. The molecule has 1 unspecified atom stereocenters. The average molecular weight is 420 g/mol. The molecule has 1 aliphatic heterocycles. The van der Waals surface area contributed by atoms with Crippen molar-refractivity contribution >= 4 is 34.3 Å². The van der Waals surface area contributed by atoms with Gasteiger partial charge in [0.15, 0.2) is 0 Å². The Labute approximate surface area is 177 Å². The van der Waals surface area contributed by atoms with E-state index in [-0.39, 0.29) is 17.6 Å². The van der Waals surface area contributed by atoms with Gasteiger partial charge in [-0.1, -0.05) is 36.4 Å². The first-order valence-corrected chi connectivity index (χ1v) is 10.4. The zero-order valence-corrected chi connectivity index (χ0v) is 17.1. The molecule has 0 fully saturated rings. The predicted octanol–water partition coefficient (Wildman–Crippen LogP) is 3.74. The summed E-state index contributed by atoms with van der Waals surface area (Å²) in [5.74, 6) is -0.112. The minimum absolute atomic E-state index is 0.0234. The van der Waals surface area contributed by atoms with E-state index in [4.69, 9.17) is 4.99 Å². The number of thiophene rings is 1. The first-order chi connectivity index (χ1) is 14.5. The third-order valence-corrected chi connectivity index (χ3v) is 5.99. The number of carbonyl (C=O) groups excluding carboxylic acids is 1. The molecule has 30 heavy (non-hydrogen) atoms. The Bertz CT molecular complexity index is 1100. The lowest BCUT2D eigenvalue weighted by molar-refractivity contribution is -0.384. The van der Waals surface area contributed by atoms with Crippen molar-refractivity contribution in [2.45, 2.75) is 6.04 Å². The number of non-ortho nitro benzene ring substituents is 1. The number of amides is 1. The summed E-state index contributed by atoms with van der Waals surface area (Å²) in [7, 11) is 1.93. The highest BCUT2D eigenvalue weighted by atomic mass is 32.1. The average Bonchev–Trinajstić information content (AvgIpc) is 3.26. The molecule has 0 saturated heterocycles. The predicted molar refractivity (Wildman–Crippen MR) is 119 cm³/mol. The maximum atomic E-state index is 12.4. The fourth-order valence-electron chi connectivity index (χ4n) is 3.49. The number of rotatable bonds is 5. The number of benzodiazepines with no additional fused rings is 1. The molecule has 1 amide bonds. The highest BCUT2D eigenvalue weighted by Gasteiger charge is 2.26. The molecular weight excluding hydrogens is 400 g/mol. The minimum Gasteiger partial charge on any atom is -0.367 e. The van der Waals surface area contributed by atoms with Crippen molar-refractivity contribution in [3.8, 4) is 0 Å². The number of hydrogen-bond acceptors (Lipinski definition) is 6. The number of hydrogen-bond donors (Lipinski definition) is 1. The number of benzene rings is 2. The Hall–Kier alpha value is -3.52. The normalized spacial score (nSPS) is 15.7. The lowest BCUT2D eigenvalue weighted by Gasteiger charge is -2.28. The largest absolute Gasteiger partial charge is 0.367 e. The number of nitrogens with one attached hydrogen (secondary N) is 1. The van der Waals surface area contributed by atoms with Gasteiger partial charge >= 0.3 is 0 Å². The van der Waals surface area contributed by atoms with Gasteiger partial charge in [0, 0.05) is 42.5 Å². The number of nitro benzene ring substituents is 1. The minimum atomic E-state index is -0.396. The van der Waals surface area contributed by atoms with Crippen molar-refractivity contribution in [1.29, 1.82) is 0 Å². The van der Waals surface area contributed by atoms with Crippen LogP contribution in [0.2, 0.25) is 0 Å². The van der Waals surface area contributed by atoms with Gasteiger partial charge in [0.25, 0.3) is 11.6 Å². The second-order valence-corrected chi connectivity index (χ2v) is 7.91. The van der Waals surface area contributed by atoms with Gasteiger partial charge in [0.05, 0.1) is 28.1 Å². The molecule has 8 heteroatoms. The molecule has 7 nitrogen and oxygen atoms in total. The van der Waals surface area contributed by atoms with Crippen LogP contribution < -0.4 is 10.2 Å². The maximum Gasteiger partial charge on any atom is 0.270 e.